The lowest BCUT2D eigenvalue weighted by atomic mass is 10.1. The van der Waals surface area contributed by atoms with Crippen LogP contribution in [0.15, 0.2) is 24.3 Å². The summed E-state index contributed by atoms with van der Waals surface area (Å²) >= 11 is 0. The predicted octanol–water partition coefficient (Wildman–Crippen LogP) is 0.881. The molecule has 0 aromatic heterocycles. The number of aromatic hydroxyl groups is 1. The van der Waals surface area contributed by atoms with Gasteiger partial charge >= 0.3 is 0 Å². The van der Waals surface area contributed by atoms with Gasteiger partial charge in [-0.15, -0.1) is 0 Å². The summed E-state index contributed by atoms with van der Waals surface area (Å²) in [6, 6.07) is 6.63. The number of carbonyl (C=O) groups is 2. The largest absolute Gasteiger partial charge is 0.508 e. The van der Waals surface area contributed by atoms with Gasteiger partial charge in [0.15, 0.2) is 5.78 Å². The number of fused-ring (bicyclic) bond motifs is 1. The van der Waals surface area contributed by atoms with Gasteiger partial charge in [-0.3, -0.25) is 14.5 Å². The third kappa shape index (κ3) is 2.54. The van der Waals surface area contributed by atoms with Gasteiger partial charge in [0, 0.05) is 37.7 Å². The number of nitrogens with zero attached hydrogens (tertiary/aromatic N) is 2. The number of phenols is 1. The molecule has 1 atom stereocenters. The molecule has 2 heterocycles. The number of ketones is 1. The van der Waals surface area contributed by atoms with Gasteiger partial charge in [-0.25, -0.2) is 0 Å². The molecule has 1 aromatic rings. The van der Waals surface area contributed by atoms with Gasteiger partial charge in [0.05, 0.1) is 6.54 Å². The highest BCUT2D eigenvalue weighted by molar-refractivity contribution is 5.97. The van der Waals surface area contributed by atoms with Crippen LogP contribution in [0.3, 0.4) is 0 Å². The number of amides is 1. The average Bonchev–Trinajstić information content (AvgIpc) is 2.81. The maximum Gasteiger partial charge on any atom is 0.222 e. The minimum Gasteiger partial charge on any atom is -0.508 e. The van der Waals surface area contributed by atoms with E-state index in [0.717, 1.165) is 26.1 Å². The Bertz CT molecular complexity index is 526. The maximum absolute atomic E-state index is 12.2. The van der Waals surface area contributed by atoms with E-state index in [2.05, 4.69) is 4.90 Å². The highest BCUT2D eigenvalue weighted by Crippen LogP contribution is 2.23. The molecule has 1 amide bonds. The van der Waals surface area contributed by atoms with E-state index in [1.807, 2.05) is 4.90 Å². The molecule has 5 nitrogen and oxygen atoms in total. The van der Waals surface area contributed by atoms with Crippen LogP contribution >= 0.6 is 0 Å². The van der Waals surface area contributed by atoms with E-state index < -0.39 is 0 Å². The molecule has 3 rings (SSSR count). The SMILES string of the molecule is O=C(CN1CCN2C(=O)CCC2C1)c1ccc(O)cc1. The van der Waals surface area contributed by atoms with Gasteiger partial charge in [-0.1, -0.05) is 0 Å². The first-order valence-electron chi connectivity index (χ1n) is 6.97. The maximum atomic E-state index is 12.2. The molecule has 1 unspecified atom stereocenters. The van der Waals surface area contributed by atoms with Gasteiger partial charge in [0.2, 0.25) is 5.91 Å². The molecular formula is C15H18N2O3. The van der Waals surface area contributed by atoms with Crippen molar-refractivity contribution in [2.75, 3.05) is 26.2 Å². The Morgan fingerprint density at radius 3 is 2.75 bits per heavy atom. The summed E-state index contributed by atoms with van der Waals surface area (Å²) in [6.07, 6.45) is 1.55. The van der Waals surface area contributed by atoms with Crippen molar-refractivity contribution in [2.45, 2.75) is 18.9 Å². The smallest absolute Gasteiger partial charge is 0.222 e. The Morgan fingerprint density at radius 1 is 1.25 bits per heavy atom. The van der Waals surface area contributed by atoms with Crippen molar-refractivity contribution < 1.29 is 14.7 Å². The van der Waals surface area contributed by atoms with E-state index in [-0.39, 0.29) is 23.5 Å². The number of benzene rings is 1. The van der Waals surface area contributed by atoms with Crippen molar-refractivity contribution >= 4 is 11.7 Å². The van der Waals surface area contributed by atoms with Crippen LogP contribution in [0.4, 0.5) is 0 Å². The predicted molar refractivity (Wildman–Crippen MR) is 73.6 cm³/mol. The second kappa shape index (κ2) is 5.25. The van der Waals surface area contributed by atoms with Crippen LogP contribution in [0.5, 0.6) is 5.75 Å². The molecule has 0 aliphatic carbocycles. The molecule has 106 valence electrons. The van der Waals surface area contributed by atoms with E-state index in [4.69, 9.17) is 0 Å². The van der Waals surface area contributed by atoms with E-state index in [1.54, 1.807) is 12.1 Å². The second-order valence-corrected chi connectivity index (χ2v) is 5.48. The molecule has 2 saturated heterocycles. The Kier molecular flexibility index (Phi) is 3.44. The molecule has 0 radical (unpaired) electrons. The third-order valence-electron chi connectivity index (χ3n) is 4.14. The molecule has 0 bridgehead atoms. The lowest BCUT2D eigenvalue weighted by Crippen LogP contribution is -2.52. The van der Waals surface area contributed by atoms with Crippen LogP contribution in [-0.2, 0) is 4.79 Å². The molecule has 2 aliphatic heterocycles. The van der Waals surface area contributed by atoms with Crippen molar-refractivity contribution in [1.29, 1.82) is 0 Å². The minimum atomic E-state index is 0.0581. The van der Waals surface area contributed by atoms with Crippen molar-refractivity contribution in [3.63, 3.8) is 0 Å². The zero-order valence-corrected chi connectivity index (χ0v) is 11.3. The van der Waals surface area contributed by atoms with Crippen LogP contribution in [0.25, 0.3) is 0 Å². The number of rotatable bonds is 3. The van der Waals surface area contributed by atoms with Crippen molar-refractivity contribution in [3.8, 4) is 5.75 Å². The summed E-state index contributed by atoms with van der Waals surface area (Å²) in [5, 5.41) is 9.23. The Morgan fingerprint density at radius 2 is 2.00 bits per heavy atom. The fraction of sp³-hybridized carbons (Fsp3) is 0.467. The average molecular weight is 274 g/mol. The summed E-state index contributed by atoms with van der Waals surface area (Å²) in [4.78, 5) is 27.9. The normalized spacial score (nSPS) is 22.9. The first kappa shape index (κ1) is 13.1. The van der Waals surface area contributed by atoms with Crippen molar-refractivity contribution in [1.82, 2.24) is 9.80 Å². The topological polar surface area (TPSA) is 60.9 Å². The van der Waals surface area contributed by atoms with Gasteiger partial charge in [0.1, 0.15) is 5.75 Å². The lowest BCUT2D eigenvalue weighted by molar-refractivity contribution is -0.130. The number of phenolic OH excluding ortho intramolecular Hbond substituents is 1. The lowest BCUT2D eigenvalue weighted by Gasteiger charge is -2.37. The molecule has 2 aliphatic rings. The molecule has 5 heteroatoms. The zero-order chi connectivity index (χ0) is 14.1. The van der Waals surface area contributed by atoms with Gasteiger partial charge < -0.3 is 10.0 Å². The van der Waals surface area contributed by atoms with E-state index in [9.17, 15) is 14.7 Å². The Balaban J connectivity index is 1.60. The second-order valence-electron chi connectivity index (χ2n) is 5.48. The van der Waals surface area contributed by atoms with E-state index >= 15 is 0 Å². The van der Waals surface area contributed by atoms with E-state index in [0.29, 0.717) is 18.5 Å². The number of piperazine rings is 1. The van der Waals surface area contributed by atoms with Crippen LogP contribution in [0.2, 0.25) is 0 Å². The number of Topliss-reactive ketones (excluding diaryl/α,β-unsaturated/α-hetero) is 1. The first-order chi connectivity index (χ1) is 9.63. The number of hydrogen-bond donors (Lipinski definition) is 1. The minimum absolute atomic E-state index is 0.0581. The van der Waals surface area contributed by atoms with E-state index in [1.165, 1.54) is 12.1 Å². The molecular weight excluding hydrogens is 256 g/mol. The van der Waals surface area contributed by atoms with Gasteiger partial charge in [0.25, 0.3) is 0 Å². The van der Waals surface area contributed by atoms with Crippen LogP contribution in [0, 0.1) is 0 Å². The van der Waals surface area contributed by atoms with Gasteiger partial charge in [-0.2, -0.15) is 0 Å². The highest BCUT2D eigenvalue weighted by atomic mass is 16.3. The summed E-state index contributed by atoms with van der Waals surface area (Å²) in [5.41, 5.74) is 0.618. The number of carbonyl (C=O) groups excluding carboxylic acids is 2. The molecule has 0 saturated carbocycles. The quantitative estimate of drug-likeness (QED) is 0.831. The Hall–Kier alpha value is -1.88. The van der Waals surface area contributed by atoms with Crippen LogP contribution in [-0.4, -0.2) is 58.8 Å². The molecule has 20 heavy (non-hydrogen) atoms. The first-order valence-corrected chi connectivity index (χ1v) is 6.97. The fourth-order valence-electron chi connectivity index (χ4n) is 3.01. The standard InChI is InChI=1S/C15H18N2O3/c18-13-4-1-11(2-5-13)14(19)10-16-7-8-17-12(9-16)3-6-15(17)20/h1-2,4-5,12,18H,3,6-10H2. The van der Waals surface area contributed by atoms with Crippen molar-refractivity contribution in [2.24, 2.45) is 0 Å². The van der Waals surface area contributed by atoms with Crippen LogP contribution in [0.1, 0.15) is 23.2 Å². The molecule has 2 fully saturated rings. The fourth-order valence-corrected chi connectivity index (χ4v) is 3.01. The number of hydrogen-bond acceptors (Lipinski definition) is 4. The monoisotopic (exact) mass is 274 g/mol. The zero-order valence-electron chi connectivity index (χ0n) is 11.3. The van der Waals surface area contributed by atoms with Crippen molar-refractivity contribution in [3.05, 3.63) is 29.8 Å². The summed E-state index contributed by atoms with van der Waals surface area (Å²) in [7, 11) is 0. The third-order valence-corrected chi connectivity index (χ3v) is 4.14. The molecule has 1 aromatic carbocycles. The molecule has 0 spiro atoms. The summed E-state index contributed by atoms with van der Waals surface area (Å²) in [5.74, 6) is 0.474. The van der Waals surface area contributed by atoms with Crippen LogP contribution < -0.4 is 0 Å². The van der Waals surface area contributed by atoms with Gasteiger partial charge in [-0.05, 0) is 30.7 Å². The Labute approximate surface area is 117 Å². The molecule has 1 N–H and O–H groups in total. The highest BCUT2D eigenvalue weighted by Gasteiger charge is 2.35. The summed E-state index contributed by atoms with van der Waals surface area (Å²) in [6.45, 7) is 2.65. The summed E-state index contributed by atoms with van der Waals surface area (Å²) < 4.78 is 0.